The number of nitrogens with zero attached hydrogens (tertiary/aromatic N) is 1. The number of aliphatic imine (C=N–C) groups is 1. The molecule has 0 fully saturated rings. The zero-order valence-electron chi connectivity index (χ0n) is 8.60. The Morgan fingerprint density at radius 1 is 1.00 bits per heavy atom. The quantitative estimate of drug-likeness (QED) is 0.657. The first-order valence-corrected chi connectivity index (χ1v) is 5.69. The fourth-order valence-electron chi connectivity index (χ4n) is 1.30. The molecule has 2 aromatic carbocycles. The maximum absolute atomic E-state index is 5.79. The number of nitrogen functional groups attached to an aromatic ring is 1. The van der Waals surface area contributed by atoms with Crippen molar-refractivity contribution in [2.45, 2.75) is 0 Å². The molecule has 0 bridgehead atoms. The van der Waals surface area contributed by atoms with Gasteiger partial charge in [0, 0.05) is 10.7 Å². The number of nitrogens with two attached hydrogens (primary N) is 1. The Bertz CT molecular complexity index is 504. The van der Waals surface area contributed by atoms with Gasteiger partial charge < -0.3 is 5.73 Å². The molecule has 0 amide bonds. The van der Waals surface area contributed by atoms with Gasteiger partial charge in [0.25, 0.3) is 0 Å². The van der Waals surface area contributed by atoms with E-state index in [1.165, 1.54) is 0 Å². The van der Waals surface area contributed by atoms with Crippen LogP contribution in [0.1, 0.15) is 5.56 Å². The zero-order valence-corrected chi connectivity index (χ0v) is 10.2. The van der Waals surface area contributed by atoms with Crippen LogP contribution >= 0.6 is 15.9 Å². The van der Waals surface area contributed by atoms with E-state index in [0.717, 1.165) is 15.7 Å². The molecule has 0 aromatic heterocycles. The number of halogens is 1. The first-order valence-electron chi connectivity index (χ1n) is 4.90. The van der Waals surface area contributed by atoms with Crippen LogP contribution < -0.4 is 5.73 Å². The molecule has 0 atom stereocenters. The number of hydrogen-bond acceptors (Lipinski definition) is 2. The van der Waals surface area contributed by atoms with E-state index in [2.05, 4.69) is 20.9 Å². The number of anilines is 1. The fourth-order valence-corrected chi connectivity index (χ4v) is 1.56. The molecule has 0 aliphatic carbocycles. The number of benzene rings is 2. The van der Waals surface area contributed by atoms with Gasteiger partial charge in [-0.05, 0) is 29.8 Å². The lowest BCUT2D eigenvalue weighted by Gasteiger charge is -1.98. The second kappa shape index (κ2) is 4.94. The molecule has 0 heterocycles. The van der Waals surface area contributed by atoms with Gasteiger partial charge in [0.2, 0.25) is 0 Å². The molecule has 2 aromatic rings. The lowest BCUT2D eigenvalue weighted by atomic mass is 10.2. The first-order chi connectivity index (χ1) is 7.75. The summed E-state index contributed by atoms with van der Waals surface area (Å²) in [6.45, 7) is 0. The molecule has 0 spiro atoms. The topological polar surface area (TPSA) is 38.4 Å². The Morgan fingerprint density at radius 2 is 1.69 bits per heavy atom. The molecule has 0 aliphatic rings. The highest BCUT2D eigenvalue weighted by molar-refractivity contribution is 9.10. The Balaban J connectivity index is 2.21. The maximum Gasteiger partial charge on any atom is 0.0859 e. The Hall–Kier alpha value is -1.61. The van der Waals surface area contributed by atoms with Crippen LogP contribution in [-0.2, 0) is 0 Å². The van der Waals surface area contributed by atoms with E-state index in [9.17, 15) is 0 Å². The van der Waals surface area contributed by atoms with Crippen LogP contribution in [0, 0.1) is 0 Å². The minimum atomic E-state index is 0.691. The summed E-state index contributed by atoms with van der Waals surface area (Å²) in [5, 5.41) is 0. The van der Waals surface area contributed by atoms with Crippen molar-refractivity contribution in [3.8, 4) is 0 Å². The van der Waals surface area contributed by atoms with Gasteiger partial charge in [-0.3, -0.25) is 4.99 Å². The molecule has 2 N–H and O–H groups in total. The summed E-state index contributed by atoms with van der Waals surface area (Å²) in [4.78, 5) is 4.34. The van der Waals surface area contributed by atoms with Gasteiger partial charge in [0.05, 0.1) is 11.4 Å². The molecule has 0 radical (unpaired) electrons. The monoisotopic (exact) mass is 274 g/mol. The molecule has 16 heavy (non-hydrogen) atoms. The van der Waals surface area contributed by atoms with Crippen molar-refractivity contribution in [2.75, 3.05) is 5.73 Å². The zero-order chi connectivity index (χ0) is 11.4. The summed E-state index contributed by atoms with van der Waals surface area (Å²) in [7, 11) is 0. The molecule has 0 unspecified atom stereocenters. The normalized spacial score (nSPS) is 10.8. The summed E-state index contributed by atoms with van der Waals surface area (Å²) in [6, 6.07) is 15.5. The van der Waals surface area contributed by atoms with Crippen molar-refractivity contribution >= 4 is 33.5 Å². The third-order valence-corrected chi connectivity index (χ3v) is 2.69. The lowest BCUT2D eigenvalue weighted by Crippen LogP contribution is -1.85. The second-order valence-corrected chi connectivity index (χ2v) is 4.28. The van der Waals surface area contributed by atoms with Gasteiger partial charge in [0.15, 0.2) is 0 Å². The Kier molecular flexibility index (Phi) is 3.37. The van der Waals surface area contributed by atoms with Crippen molar-refractivity contribution in [3.63, 3.8) is 0 Å². The van der Waals surface area contributed by atoms with E-state index in [-0.39, 0.29) is 0 Å². The molecule has 0 saturated carbocycles. The van der Waals surface area contributed by atoms with Gasteiger partial charge in [-0.2, -0.15) is 0 Å². The molecule has 0 saturated heterocycles. The lowest BCUT2D eigenvalue weighted by molar-refractivity contribution is 1.52. The molecule has 80 valence electrons. The van der Waals surface area contributed by atoms with Crippen LogP contribution in [0.4, 0.5) is 11.4 Å². The highest BCUT2D eigenvalue weighted by Gasteiger charge is 1.93. The third kappa shape index (κ3) is 2.70. The van der Waals surface area contributed by atoms with E-state index in [0.29, 0.717) is 5.69 Å². The standard InChI is InChI=1S/C13H11BrN2/c14-11-7-5-10(6-8-11)9-16-13-4-2-1-3-12(13)15/h1-9H,15H2. The van der Waals surface area contributed by atoms with Crippen LogP contribution in [-0.4, -0.2) is 6.21 Å². The summed E-state index contributed by atoms with van der Waals surface area (Å²) >= 11 is 3.39. The second-order valence-electron chi connectivity index (χ2n) is 3.37. The smallest absolute Gasteiger partial charge is 0.0859 e. The minimum Gasteiger partial charge on any atom is -0.397 e. The van der Waals surface area contributed by atoms with Gasteiger partial charge in [-0.15, -0.1) is 0 Å². The van der Waals surface area contributed by atoms with E-state index >= 15 is 0 Å². The van der Waals surface area contributed by atoms with E-state index in [1.807, 2.05) is 48.5 Å². The van der Waals surface area contributed by atoms with Crippen molar-refractivity contribution in [2.24, 2.45) is 4.99 Å². The molecular formula is C13H11BrN2. The van der Waals surface area contributed by atoms with Crippen molar-refractivity contribution in [1.82, 2.24) is 0 Å². The van der Waals surface area contributed by atoms with E-state index in [4.69, 9.17) is 5.73 Å². The van der Waals surface area contributed by atoms with Crippen molar-refractivity contribution in [3.05, 3.63) is 58.6 Å². The van der Waals surface area contributed by atoms with Crippen molar-refractivity contribution < 1.29 is 0 Å². The highest BCUT2D eigenvalue weighted by Crippen LogP contribution is 2.20. The predicted octanol–water partition coefficient (Wildman–Crippen LogP) is 3.78. The molecule has 2 rings (SSSR count). The van der Waals surface area contributed by atoms with Crippen LogP contribution in [0.2, 0.25) is 0 Å². The van der Waals surface area contributed by atoms with Gasteiger partial charge in [-0.25, -0.2) is 0 Å². The molecule has 3 heteroatoms. The molecule has 2 nitrogen and oxygen atoms in total. The largest absolute Gasteiger partial charge is 0.397 e. The summed E-state index contributed by atoms with van der Waals surface area (Å²) < 4.78 is 1.06. The van der Waals surface area contributed by atoms with Crippen LogP contribution in [0.5, 0.6) is 0 Å². The van der Waals surface area contributed by atoms with Crippen LogP contribution in [0.15, 0.2) is 58.0 Å². The van der Waals surface area contributed by atoms with E-state index in [1.54, 1.807) is 6.21 Å². The SMILES string of the molecule is Nc1ccccc1N=Cc1ccc(Br)cc1. The number of para-hydroxylation sites is 2. The maximum atomic E-state index is 5.79. The first kappa shape index (κ1) is 10.9. The Morgan fingerprint density at radius 3 is 2.38 bits per heavy atom. The van der Waals surface area contributed by atoms with E-state index < -0.39 is 0 Å². The molecular weight excluding hydrogens is 264 g/mol. The van der Waals surface area contributed by atoms with Gasteiger partial charge in [-0.1, -0.05) is 40.2 Å². The fraction of sp³-hybridized carbons (Fsp3) is 0. The van der Waals surface area contributed by atoms with Crippen LogP contribution in [0.3, 0.4) is 0 Å². The summed E-state index contributed by atoms with van der Waals surface area (Å²) in [6.07, 6.45) is 1.80. The summed E-state index contributed by atoms with van der Waals surface area (Å²) in [5.41, 5.74) is 8.32. The minimum absolute atomic E-state index is 0.691. The average Bonchev–Trinajstić information content (AvgIpc) is 2.30. The highest BCUT2D eigenvalue weighted by atomic mass is 79.9. The van der Waals surface area contributed by atoms with Gasteiger partial charge in [0.1, 0.15) is 0 Å². The number of rotatable bonds is 2. The van der Waals surface area contributed by atoms with Gasteiger partial charge >= 0.3 is 0 Å². The third-order valence-electron chi connectivity index (χ3n) is 2.16. The Labute approximate surface area is 103 Å². The molecule has 0 aliphatic heterocycles. The summed E-state index contributed by atoms with van der Waals surface area (Å²) in [5.74, 6) is 0. The predicted molar refractivity (Wildman–Crippen MR) is 72.3 cm³/mol. The number of hydrogen-bond donors (Lipinski definition) is 1. The van der Waals surface area contributed by atoms with Crippen molar-refractivity contribution in [1.29, 1.82) is 0 Å². The average molecular weight is 275 g/mol. The van der Waals surface area contributed by atoms with Crippen LogP contribution in [0.25, 0.3) is 0 Å².